The number of alkyl halides is 1. The Balaban J connectivity index is 2.84. The van der Waals surface area contributed by atoms with E-state index in [2.05, 4.69) is 20.9 Å². The first-order valence-corrected chi connectivity index (χ1v) is 5.23. The molecule has 0 saturated heterocycles. The van der Waals surface area contributed by atoms with E-state index in [4.69, 9.17) is 0 Å². The maximum absolute atomic E-state index is 11.7. The van der Waals surface area contributed by atoms with Gasteiger partial charge in [0.1, 0.15) is 0 Å². The van der Waals surface area contributed by atoms with Crippen LogP contribution in [0.2, 0.25) is 0 Å². The first kappa shape index (κ1) is 10.1. The maximum Gasteiger partial charge on any atom is 0.332 e. The molecule has 1 heterocycles. The van der Waals surface area contributed by atoms with Crippen molar-refractivity contribution < 1.29 is 4.92 Å². The number of aromatic nitrogens is 1. The lowest BCUT2D eigenvalue weighted by Gasteiger charge is -2.04. The number of hydrogen-bond donors (Lipinski definition) is 1. The topological polar surface area (TPSA) is 76.0 Å². The molecule has 0 fully saturated rings. The summed E-state index contributed by atoms with van der Waals surface area (Å²) in [6, 6.07) is 0. The molecule has 6 heteroatoms. The zero-order valence-corrected chi connectivity index (χ0v) is 9.15. The molecule has 5 nitrogen and oxygen atoms in total. The van der Waals surface area contributed by atoms with Crippen molar-refractivity contribution >= 4 is 33.8 Å². The summed E-state index contributed by atoms with van der Waals surface area (Å²) >= 11 is 3.34. The summed E-state index contributed by atoms with van der Waals surface area (Å²) in [5, 5.41) is 11.6. The van der Waals surface area contributed by atoms with Crippen LogP contribution in [-0.4, -0.2) is 14.7 Å². The third kappa shape index (κ3) is 1.72. The SMILES string of the molecule is O=c1c([N+](=O)[O-])c[nH]c2c1=CC(Br)CC=2. The van der Waals surface area contributed by atoms with Crippen molar-refractivity contribution in [2.24, 2.45) is 0 Å². The molecule has 1 aromatic heterocycles. The van der Waals surface area contributed by atoms with Gasteiger partial charge in [0.15, 0.2) is 0 Å². The smallest absolute Gasteiger partial charge is 0.332 e. The lowest BCUT2D eigenvalue weighted by Crippen LogP contribution is -2.44. The summed E-state index contributed by atoms with van der Waals surface area (Å²) in [5.74, 6) is 0. The van der Waals surface area contributed by atoms with Crippen molar-refractivity contribution in [3.05, 3.63) is 37.1 Å². The second-order valence-corrected chi connectivity index (χ2v) is 4.39. The second kappa shape index (κ2) is 3.62. The molecule has 1 N–H and O–H groups in total. The third-order valence-corrected chi connectivity index (χ3v) is 2.86. The predicted octanol–water partition coefficient (Wildman–Crippen LogP) is 0.0113. The largest absolute Gasteiger partial charge is 0.355 e. The Morgan fingerprint density at radius 3 is 3.00 bits per heavy atom. The van der Waals surface area contributed by atoms with Crippen molar-refractivity contribution in [1.29, 1.82) is 0 Å². The molecule has 0 saturated carbocycles. The van der Waals surface area contributed by atoms with Gasteiger partial charge in [-0.15, -0.1) is 0 Å². The number of nitrogens with zero attached hydrogens (tertiary/aromatic N) is 1. The summed E-state index contributed by atoms with van der Waals surface area (Å²) in [5.41, 5.74) is -0.950. The number of halogens is 1. The molecular weight excluding hydrogens is 264 g/mol. The minimum Gasteiger partial charge on any atom is -0.355 e. The molecule has 1 aliphatic rings. The molecule has 15 heavy (non-hydrogen) atoms. The van der Waals surface area contributed by atoms with Crippen molar-refractivity contribution in [3.63, 3.8) is 0 Å². The van der Waals surface area contributed by atoms with E-state index in [1.165, 1.54) is 0 Å². The summed E-state index contributed by atoms with van der Waals surface area (Å²) in [7, 11) is 0. The van der Waals surface area contributed by atoms with Crippen LogP contribution in [0.5, 0.6) is 0 Å². The number of rotatable bonds is 1. The van der Waals surface area contributed by atoms with Crippen molar-refractivity contribution in [3.8, 4) is 0 Å². The first-order valence-electron chi connectivity index (χ1n) is 4.32. The summed E-state index contributed by atoms with van der Waals surface area (Å²) in [6.45, 7) is 0. The van der Waals surface area contributed by atoms with Crippen LogP contribution in [0.15, 0.2) is 11.0 Å². The van der Waals surface area contributed by atoms with Crippen molar-refractivity contribution in [2.45, 2.75) is 11.2 Å². The van der Waals surface area contributed by atoms with Crippen molar-refractivity contribution in [2.75, 3.05) is 0 Å². The molecule has 0 aromatic carbocycles. The summed E-state index contributed by atoms with van der Waals surface area (Å²) in [6.07, 6.45) is 5.45. The third-order valence-electron chi connectivity index (χ3n) is 2.22. The van der Waals surface area contributed by atoms with Crippen LogP contribution in [0.4, 0.5) is 5.69 Å². The Morgan fingerprint density at radius 1 is 1.60 bits per heavy atom. The van der Waals surface area contributed by atoms with Gasteiger partial charge in [0.25, 0.3) is 5.43 Å². The van der Waals surface area contributed by atoms with Gasteiger partial charge in [-0.1, -0.05) is 28.1 Å². The molecule has 1 aromatic rings. The predicted molar refractivity (Wildman–Crippen MR) is 59.2 cm³/mol. The minimum absolute atomic E-state index is 0.0631. The maximum atomic E-state index is 11.7. The standard InChI is InChI=1S/C9H7BrN2O3/c10-5-1-2-7-6(3-5)9(13)8(4-11-7)12(14)15/h2-5,11H,1H2. The lowest BCUT2D eigenvalue weighted by atomic mass is 10.1. The monoisotopic (exact) mass is 270 g/mol. The van der Waals surface area contributed by atoms with E-state index in [0.717, 1.165) is 12.6 Å². The van der Waals surface area contributed by atoms with E-state index in [0.29, 0.717) is 10.6 Å². The molecule has 1 aliphatic carbocycles. The van der Waals surface area contributed by atoms with Crippen LogP contribution in [0.1, 0.15) is 6.42 Å². The fourth-order valence-corrected chi connectivity index (χ4v) is 1.95. The van der Waals surface area contributed by atoms with E-state index in [9.17, 15) is 14.9 Å². The van der Waals surface area contributed by atoms with E-state index in [1.807, 2.05) is 6.08 Å². The van der Waals surface area contributed by atoms with Gasteiger partial charge in [-0.2, -0.15) is 0 Å². The molecule has 0 radical (unpaired) electrons. The highest BCUT2D eigenvalue weighted by atomic mass is 79.9. The average Bonchev–Trinajstić information content (AvgIpc) is 2.19. The summed E-state index contributed by atoms with van der Waals surface area (Å²) in [4.78, 5) is 24.3. The summed E-state index contributed by atoms with van der Waals surface area (Å²) < 4.78 is 0. The fourth-order valence-electron chi connectivity index (χ4n) is 1.50. The molecular formula is C9H7BrN2O3. The Hall–Kier alpha value is -1.43. The van der Waals surface area contributed by atoms with E-state index in [1.54, 1.807) is 6.08 Å². The molecule has 0 aliphatic heterocycles. The molecule has 1 unspecified atom stereocenters. The quantitative estimate of drug-likeness (QED) is 0.444. The van der Waals surface area contributed by atoms with Gasteiger partial charge in [0.05, 0.1) is 11.1 Å². The number of fused-ring (bicyclic) bond motifs is 1. The van der Waals surface area contributed by atoms with E-state index < -0.39 is 16.0 Å². The fraction of sp³-hybridized carbons (Fsp3) is 0.222. The van der Waals surface area contributed by atoms with Gasteiger partial charge in [0, 0.05) is 15.4 Å². The van der Waals surface area contributed by atoms with Gasteiger partial charge < -0.3 is 4.98 Å². The van der Waals surface area contributed by atoms with Crippen LogP contribution in [0.25, 0.3) is 12.2 Å². The zero-order chi connectivity index (χ0) is 11.0. The zero-order valence-electron chi connectivity index (χ0n) is 7.57. The molecule has 78 valence electrons. The molecule has 2 rings (SSSR count). The van der Waals surface area contributed by atoms with Crippen LogP contribution in [0.3, 0.4) is 0 Å². The van der Waals surface area contributed by atoms with Crippen LogP contribution >= 0.6 is 15.9 Å². The van der Waals surface area contributed by atoms with Crippen molar-refractivity contribution in [1.82, 2.24) is 4.98 Å². The molecule has 0 bridgehead atoms. The van der Waals surface area contributed by atoms with Gasteiger partial charge >= 0.3 is 5.69 Å². The molecule has 0 amide bonds. The van der Waals surface area contributed by atoms with Crippen LogP contribution in [0, 0.1) is 10.1 Å². The Labute approximate surface area is 92.4 Å². The second-order valence-electron chi connectivity index (χ2n) is 3.21. The van der Waals surface area contributed by atoms with Crippen LogP contribution in [-0.2, 0) is 0 Å². The Morgan fingerprint density at radius 2 is 2.33 bits per heavy atom. The first-order chi connectivity index (χ1) is 7.09. The highest BCUT2D eigenvalue weighted by molar-refractivity contribution is 9.09. The lowest BCUT2D eigenvalue weighted by molar-refractivity contribution is -0.386. The van der Waals surface area contributed by atoms with Crippen LogP contribution < -0.4 is 16.0 Å². The number of H-pyrrole nitrogens is 1. The van der Waals surface area contributed by atoms with E-state index >= 15 is 0 Å². The number of hydrogen-bond acceptors (Lipinski definition) is 3. The number of aromatic amines is 1. The van der Waals surface area contributed by atoms with Gasteiger partial charge in [0.2, 0.25) is 0 Å². The Kier molecular flexibility index (Phi) is 2.44. The Bertz CT molecular complexity index is 590. The number of nitro groups is 1. The molecule has 1 atom stereocenters. The van der Waals surface area contributed by atoms with Gasteiger partial charge in [-0.05, 0) is 6.42 Å². The van der Waals surface area contributed by atoms with Gasteiger partial charge in [-0.25, -0.2) is 0 Å². The highest BCUT2D eigenvalue weighted by Gasteiger charge is 2.15. The highest BCUT2D eigenvalue weighted by Crippen LogP contribution is 2.08. The van der Waals surface area contributed by atoms with Gasteiger partial charge in [-0.3, -0.25) is 14.9 Å². The number of nitrogens with one attached hydrogen (secondary N) is 1. The normalized spacial score (nSPS) is 18.6. The van der Waals surface area contributed by atoms with E-state index in [-0.39, 0.29) is 4.83 Å². The average molecular weight is 271 g/mol. The minimum atomic E-state index is -0.676. The molecule has 0 spiro atoms. The number of pyridine rings is 1.